The molecular weight excluding hydrogens is 242 g/mol. The minimum Gasteiger partial charge on any atom is -0.493 e. The molecule has 0 spiro atoms. The molecule has 4 N–H and O–H groups in total. The Labute approximate surface area is 115 Å². The van der Waals surface area contributed by atoms with Crippen LogP contribution in [0, 0.1) is 0 Å². The maximum atomic E-state index is 9.22. The first-order chi connectivity index (χ1) is 9.15. The minimum absolute atomic E-state index is 0.00456. The highest BCUT2D eigenvalue weighted by Crippen LogP contribution is 2.19. The van der Waals surface area contributed by atoms with E-state index in [4.69, 9.17) is 15.6 Å². The highest BCUT2D eigenvalue weighted by atomic mass is 16.5. The van der Waals surface area contributed by atoms with Gasteiger partial charge in [0.15, 0.2) is 0 Å². The van der Waals surface area contributed by atoms with E-state index in [9.17, 15) is 5.11 Å². The van der Waals surface area contributed by atoms with Crippen LogP contribution in [-0.4, -0.2) is 35.6 Å². The summed E-state index contributed by atoms with van der Waals surface area (Å²) in [5, 5.41) is 18.2. The second-order valence-electron chi connectivity index (χ2n) is 4.91. The Morgan fingerprint density at radius 3 is 2.63 bits per heavy atom. The van der Waals surface area contributed by atoms with E-state index in [2.05, 4.69) is 0 Å². The third kappa shape index (κ3) is 5.19. The third-order valence-corrected chi connectivity index (χ3v) is 3.45. The van der Waals surface area contributed by atoms with E-state index in [1.54, 1.807) is 0 Å². The lowest BCUT2D eigenvalue weighted by atomic mass is 9.93. The molecule has 108 valence electrons. The van der Waals surface area contributed by atoms with Crippen molar-refractivity contribution in [2.45, 2.75) is 38.1 Å². The standard InChI is InChI=1S/C15H25NO3/c1-2-15(16,12-18)9-5-11-19-14-7-4-3-6-13(14)8-10-17/h3-4,6-7,17-18H,2,5,8-12,16H2,1H3. The predicted octanol–water partition coefficient (Wildman–Crippen LogP) is 1.48. The van der Waals surface area contributed by atoms with Gasteiger partial charge in [-0.05, 0) is 37.3 Å². The van der Waals surface area contributed by atoms with Gasteiger partial charge in [0.2, 0.25) is 0 Å². The number of aliphatic hydroxyl groups excluding tert-OH is 2. The van der Waals surface area contributed by atoms with E-state index in [0.29, 0.717) is 13.0 Å². The Morgan fingerprint density at radius 1 is 1.26 bits per heavy atom. The van der Waals surface area contributed by atoms with Crippen LogP contribution in [0.25, 0.3) is 0 Å². The van der Waals surface area contributed by atoms with Gasteiger partial charge in [0, 0.05) is 12.1 Å². The Morgan fingerprint density at radius 2 is 2.00 bits per heavy atom. The molecule has 0 bridgehead atoms. The van der Waals surface area contributed by atoms with Gasteiger partial charge < -0.3 is 20.7 Å². The highest BCUT2D eigenvalue weighted by Gasteiger charge is 2.20. The maximum absolute atomic E-state index is 9.22. The minimum atomic E-state index is -0.492. The number of nitrogens with two attached hydrogens (primary N) is 1. The van der Waals surface area contributed by atoms with E-state index in [1.807, 2.05) is 31.2 Å². The zero-order valence-electron chi connectivity index (χ0n) is 11.6. The van der Waals surface area contributed by atoms with Crippen molar-refractivity contribution in [2.24, 2.45) is 5.73 Å². The lowest BCUT2D eigenvalue weighted by molar-refractivity contribution is 0.171. The van der Waals surface area contributed by atoms with Gasteiger partial charge in [-0.25, -0.2) is 0 Å². The van der Waals surface area contributed by atoms with Crippen molar-refractivity contribution in [1.82, 2.24) is 0 Å². The van der Waals surface area contributed by atoms with Crippen molar-refractivity contribution >= 4 is 0 Å². The molecule has 0 radical (unpaired) electrons. The largest absolute Gasteiger partial charge is 0.493 e. The summed E-state index contributed by atoms with van der Waals surface area (Å²) in [5.74, 6) is 0.819. The smallest absolute Gasteiger partial charge is 0.122 e. The molecule has 0 aliphatic heterocycles. The Balaban J connectivity index is 2.41. The van der Waals surface area contributed by atoms with E-state index in [1.165, 1.54) is 0 Å². The molecule has 1 atom stereocenters. The molecule has 0 saturated carbocycles. The molecule has 0 amide bonds. The van der Waals surface area contributed by atoms with Crippen LogP contribution in [-0.2, 0) is 6.42 Å². The van der Waals surface area contributed by atoms with Crippen molar-refractivity contribution in [2.75, 3.05) is 19.8 Å². The number of ether oxygens (including phenoxy) is 1. The molecule has 0 aliphatic rings. The topological polar surface area (TPSA) is 75.7 Å². The summed E-state index contributed by atoms with van der Waals surface area (Å²) in [7, 11) is 0. The Bertz CT molecular complexity index is 364. The summed E-state index contributed by atoms with van der Waals surface area (Å²) in [6.45, 7) is 2.67. The molecule has 0 fully saturated rings. The molecule has 0 heterocycles. The van der Waals surface area contributed by atoms with Gasteiger partial charge in [0.1, 0.15) is 5.75 Å². The SMILES string of the molecule is CCC(N)(CO)CCCOc1ccccc1CCO. The van der Waals surface area contributed by atoms with E-state index >= 15 is 0 Å². The van der Waals surface area contributed by atoms with Gasteiger partial charge in [-0.2, -0.15) is 0 Å². The first-order valence-electron chi connectivity index (χ1n) is 6.86. The van der Waals surface area contributed by atoms with Crippen LogP contribution >= 0.6 is 0 Å². The van der Waals surface area contributed by atoms with Crippen LogP contribution in [0.4, 0.5) is 0 Å². The van der Waals surface area contributed by atoms with Crippen LogP contribution in [0.5, 0.6) is 5.75 Å². The monoisotopic (exact) mass is 267 g/mol. The molecule has 19 heavy (non-hydrogen) atoms. The highest BCUT2D eigenvalue weighted by molar-refractivity contribution is 5.33. The molecule has 0 saturated heterocycles. The van der Waals surface area contributed by atoms with Crippen LogP contribution < -0.4 is 10.5 Å². The number of para-hydroxylation sites is 1. The van der Waals surface area contributed by atoms with Gasteiger partial charge in [-0.3, -0.25) is 0 Å². The Hall–Kier alpha value is -1.10. The normalized spacial score (nSPS) is 14.1. The summed E-state index contributed by atoms with van der Waals surface area (Å²) >= 11 is 0. The van der Waals surface area contributed by atoms with Crippen molar-refractivity contribution in [1.29, 1.82) is 0 Å². The number of hydrogen-bond acceptors (Lipinski definition) is 4. The molecule has 0 aliphatic carbocycles. The van der Waals surface area contributed by atoms with Crippen molar-refractivity contribution in [3.05, 3.63) is 29.8 Å². The first kappa shape index (κ1) is 16.0. The lowest BCUT2D eigenvalue weighted by Gasteiger charge is -2.25. The molecular formula is C15H25NO3. The molecule has 1 aromatic carbocycles. The first-order valence-corrected chi connectivity index (χ1v) is 6.86. The molecule has 0 aromatic heterocycles. The third-order valence-electron chi connectivity index (χ3n) is 3.45. The van der Waals surface area contributed by atoms with Gasteiger partial charge in [0.05, 0.1) is 13.2 Å². The fourth-order valence-corrected chi connectivity index (χ4v) is 1.95. The zero-order valence-corrected chi connectivity index (χ0v) is 11.6. The maximum Gasteiger partial charge on any atom is 0.122 e. The Kier molecular flexibility index (Phi) is 6.84. The number of rotatable bonds is 9. The van der Waals surface area contributed by atoms with Gasteiger partial charge in [-0.15, -0.1) is 0 Å². The second-order valence-corrected chi connectivity index (χ2v) is 4.91. The quantitative estimate of drug-likeness (QED) is 0.592. The summed E-state index contributed by atoms with van der Waals surface area (Å²) in [6, 6.07) is 7.72. The number of aliphatic hydroxyl groups is 2. The average Bonchev–Trinajstić information content (AvgIpc) is 2.45. The van der Waals surface area contributed by atoms with Crippen LogP contribution in [0.1, 0.15) is 31.7 Å². The van der Waals surface area contributed by atoms with Crippen molar-refractivity contribution < 1.29 is 14.9 Å². The molecule has 1 rings (SSSR count). The number of hydrogen-bond donors (Lipinski definition) is 3. The van der Waals surface area contributed by atoms with Crippen LogP contribution in [0.3, 0.4) is 0 Å². The fourth-order valence-electron chi connectivity index (χ4n) is 1.95. The van der Waals surface area contributed by atoms with Gasteiger partial charge in [0.25, 0.3) is 0 Å². The lowest BCUT2D eigenvalue weighted by Crippen LogP contribution is -2.43. The zero-order chi connectivity index (χ0) is 14.1. The fraction of sp³-hybridized carbons (Fsp3) is 0.600. The van der Waals surface area contributed by atoms with Crippen LogP contribution in [0.15, 0.2) is 24.3 Å². The van der Waals surface area contributed by atoms with E-state index in [0.717, 1.165) is 30.6 Å². The average molecular weight is 267 g/mol. The van der Waals surface area contributed by atoms with Crippen LogP contribution in [0.2, 0.25) is 0 Å². The van der Waals surface area contributed by atoms with Crippen molar-refractivity contribution in [3.63, 3.8) is 0 Å². The number of benzene rings is 1. The van der Waals surface area contributed by atoms with E-state index < -0.39 is 5.54 Å². The van der Waals surface area contributed by atoms with Crippen molar-refractivity contribution in [3.8, 4) is 5.75 Å². The van der Waals surface area contributed by atoms with Gasteiger partial charge in [-0.1, -0.05) is 25.1 Å². The predicted molar refractivity (Wildman–Crippen MR) is 76.3 cm³/mol. The van der Waals surface area contributed by atoms with Gasteiger partial charge >= 0.3 is 0 Å². The summed E-state index contributed by atoms with van der Waals surface area (Å²) in [5.41, 5.74) is 6.54. The van der Waals surface area contributed by atoms with E-state index in [-0.39, 0.29) is 13.2 Å². The summed E-state index contributed by atoms with van der Waals surface area (Å²) in [6.07, 6.45) is 2.90. The molecule has 4 nitrogen and oxygen atoms in total. The molecule has 1 unspecified atom stereocenters. The summed E-state index contributed by atoms with van der Waals surface area (Å²) < 4.78 is 5.73. The molecule has 1 aromatic rings. The summed E-state index contributed by atoms with van der Waals surface area (Å²) in [4.78, 5) is 0. The molecule has 4 heteroatoms. The second kappa shape index (κ2) is 8.15.